The normalized spacial score (nSPS) is 10.9. The van der Waals surface area contributed by atoms with E-state index in [2.05, 4.69) is 23.9 Å². The van der Waals surface area contributed by atoms with Crippen molar-refractivity contribution in [3.05, 3.63) is 30.5 Å². The summed E-state index contributed by atoms with van der Waals surface area (Å²) in [6.45, 7) is 4.17. The third-order valence-corrected chi connectivity index (χ3v) is 2.19. The Balaban J connectivity index is 2.49. The maximum Gasteiger partial charge on any atom is 0.124 e. The van der Waals surface area contributed by atoms with Crippen molar-refractivity contribution in [2.24, 2.45) is 0 Å². The number of aromatic nitrogens is 3. The lowest BCUT2D eigenvalue weighted by atomic mass is 10.2. The molecule has 0 bridgehead atoms. The van der Waals surface area contributed by atoms with Crippen molar-refractivity contribution in [2.75, 3.05) is 5.73 Å². The van der Waals surface area contributed by atoms with Crippen LogP contribution in [-0.2, 0) is 0 Å². The van der Waals surface area contributed by atoms with Crippen molar-refractivity contribution in [3.63, 3.8) is 0 Å². The van der Waals surface area contributed by atoms with Crippen LogP contribution < -0.4 is 5.73 Å². The molecule has 0 aromatic carbocycles. The van der Waals surface area contributed by atoms with Gasteiger partial charge in [-0.3, -0.25) is 4.68 Å². The SMILES string of the molecule is CC(C)n1nccc1-c1cccc(N)n1. The summed E-state index contributed by atoms with van der Waals surface area (Å²) in [5.74, 6) is 0.531. The summed E-state index contributed by atoms with van der Waals surface area (Å²) in [6.07, 6.45) is 1.78. The molecule has 0 aliphatic carbocycles. The Bertz CT molecular complexity index is 459. The molecule has 15 heavy (non-hydrogen) atoms. The largest absolute Gasteiger partial charge is 0.384 e. The molecule has 0 saturated carbocycles. The van der Waals surface area contributed by atoms with Crippen LogP contribution in [0, 0.1) is 0 Å². The molecule has 4 nitrogen and oxygen atoms in total. The first kappa shape index (κ1) is 9.71. The molecular formula is C11H14N4. The van der Waals surface area contributed by atoms with Crippen molar-refractivity contribution in [3.8, 4) is 11.4 Å². The quantitative estimate of drug-likeness (QED) is 0.811. The number of nitrogen functional groups attached to an aromatic ring is 1. The Morgan fingerprint density at radius 2 is 2.07 bits per heavy atom. The highest BCUT2D eigenvalue weighted by molar-refractivity contribution is 5.56. The molecule has 0 spiro atoms. The van der Waals surface area contributed by atoms with Gasteiger partial charge in [0.25, 0.3) is 0 Å². The first-order valence-corrected chi connectivity index (χ1v) is 4.95. The number of rotatable bonds is 2. The van der Waals surface area contributed by atoms with Crippen LogP contribution in [0.2, 0.25) is 0 Å². The fourth-order valence-electron chi connectivity index (χ4n) is 1.52. The third kappa shape index (κ3) is 1.83. The Morgan fingerprint density at radius 1 is 1.27 bits per heavy atom. The highest BCUT2D eigenvalue weighted by atomic mass is 15.3. The van der Waals surface area contributed by atoms with Gasteiger partial charge in [-0.15, -0.1) is 0 Å². The number of hydrogen-bond donors (Lipinski definition) is 1. The molecule has 0 amide bonds. The van der Waals surface area contributed by atoms with Crippen LogP contribution >= 0.6 is 0 Å². The van der Waals surface area contributed by atoms with E-state index in [4.69, 9.17) is 5.73 Å². The van der Waals surface area contributed by atoms with Crippen molar-refractivity contribution < 1.29 is 0 Å². The van der Waals surface area contributed by atoms with E-state index >= 15 is 0 Å². The van der Waals surface area contributed by atoms with Crippen LogP contribution in [0.3, 0.4) is 0 Å². The fraction of sp³-hybridized carbons (Fsp3) is 0.273. The fourth-order valence-corrected chi connectivity index (χ4v) is 1.52. The Morgan fingerprint density at radius 3 is 2.73 bits per heavy atom. The third-order valence-electron chi connectivity index (χ3n) is 2.19. The molecule has 0 aliphatic heterocycles. The van der Waals surface area contributed by atoms with Gasteiger partial charge in [-0.25, -0.2) is 4.98 Å². The topological polar surface area (TPSA) is 56.7 Å². The van der Waals surface area contributed by atoms with E-state index in [1.165, 1.54) is 0 Å². The lowest BCUT2D eigenvalue weighted by molar-refractivity contribution is 0.538. The molecule has 2 N–H and O–H groups in total. The molecule has 4 heteroatoms. The van der Waals surface area contributed by atoms with E-state index in [9.17, 15) is 0 Å². The summed E-state index contributed by atoms with van der Waals surface area (Å²) in [7, 11) is 0. The first-order chi connectivity index (χ1) is 7.18. The standard InChI is InChI=1S/C11H14N4/c1-8(2)15-10(6-7-13-15)9-4-3-5-11(12)14-9/h3-8H,1-2H3,(H2,12,14). The van der Waals surface area contributed by atoms with Crippen LogP contribution in [0.5, 0.6) is 0 Å². The number of hydrogen-bond acceptors (Lipinski definition) is 3. The minimum absolute atomic E-state index is 0.318. The molecule has 0 saturated heterocycles. The van der Waals surface area contributed by atoms with Crippen LogP contribution in [0.15, 0.2) is 30.5 Å². The summed E-state index contributed by atoms with van der Waals surface area (Å²) in [6, 6.07) is 7.88. The van der Waals surface area contributed by atoms with Gasteiger partial charge in [0.05, 0.1) is 11.4 Å². The molecular weight excluding hydrogens is 188 g/mol. The van der Waals surface area contributed by atoms with Gasteiger partial charge in [-0.05, 0) is 32.0 Å². The maximum atomic E-state index is 5.65. The lowest BCUT2D eigenvalue weighted by Gasteiger charge is -2.10. The second kappa shape index (κ2) is 3.73. The zero-order valence-electron chi connectivity index (χ0n) is 8.88. The van der Waals surface area contributed by atoms with Gasteiger partial charge in [-0.2, -0.15) is 5.10 Å². The molecule has 78 valence electrons. The second-order valence-electron chi connectivity index (χ2n) is 3.70. The number of pyridine rings is 1. The lowest BCUT2D eigenvalue weighted by Crippen LogP contribution is -2.05. The van der Waals surface area contributed by atoms with Gasteiger partial charge in [0.2, 0.25) is 0 Å². The van der Waals surface area contributed by atoms with Crippen molar-refractivity contribution in [2.45, 2.75) is 19.9 Å². The molecule has 0 fully saturated rings. The Labute approximate surface area is 88.8 Å². The highest BCUT2D eigenvalue weighted by Gasteiger charge is 2.08. The monoisotopic (exact) mass is 202 g/mol. The van der Waals surface area contributed by atoms with Gasteiger partial charge in [0, 0.05) is 12.2 Å². The van der Waals surface area contributed by atoms with Gasteiger partial charge in [-0.1, -0.05) is 6.07 Å². The second-order valence-corrected chi connectivity index (χ2v) is 3.70. The molecule has 0 aliphatic rings. The van der Waals surface area contributed by atoms with Gasteiger partial charge < -0.3 is 5.73 Å². The zero-order valence-corrected chi connectivity index (χ0v) is 8.88. The molecule has 2 rings (SSSR count). The predicted molar refractivity (Wildman–Crippen MR) is 60.3 cm³/mol. The predicted octanol–water partition coefficient (Wildman–Crippen LogP) is 2.11. The smallest absolute Gasteiger partial charge is 0.124 e. The van der Waals surface area contributed by atoms with Crippen molar-refractivity contribution in [1.82, 2.24) is 14.8 Å². The van der Waals surface area contributed by atoms with Gasteiger partial charge in [0.1, 0.15) is 5.82 Å². The first-order valence-electron chi connectivity index (χ1n) is 4.95. The number of nitrogens with zero attached hydrogens (tertiary/aromatic N) is 3. The average molecular weight is 202 g/mol. The molecule has 2 aromatic rings. The van der Waals surface area contributed by atoms with E-state index in [0.717, 1.165) is 11.4 Å². The number of nitrogens with two attached hydrogens (primary N) is 1. The Hall–Kier alpha value is -1.84. The summed E-state index contributed by atoms with van der Waals surface area (Å²) in [4.78, 5) is 4.28. The van der Waals surface area contributed by atoms with E-state index in [1.54, 1.807) is 12.3 Å². The highest BCUT2D eigenvalue weighted by Crippen LogP contribution is 2.20. The maximum absolute atomic E-state index is 5.65. The van der Waals surface area contributed by atoms with E-state index in [1.807, 2.05) is 22.9 Å². The van der Waals surface area contributed by atoms with E-state index in [-0.39, 0.29) is 0 Å². The van der Waals surface area contributed by atoms with Crippen LogP contribution in [0.25, 0.3) is 11.4 Å². The minimum atomic E-state index is 0.318. The summed E-state index contributed by atoms with van der Waals surface area (Å²) in [5.41, 5.74) is 7.51. The summed E-state index contributed by atoms with van der Waals surface area (Å²) in [5, 5.41) is 4.26. The van der Waals surface area contributed by atoms with Crippen molar-refractivity contribution >= 4 is 5.82 Å². The average Bonchev–Trinajstić information content (AvgIpc) is 2.65. The van der Waals surface area contributed by atoms with Gasteiger partial charge >= 0.3 is 0 Å². The number of anilines is 1. The Kier molecular flexibility index (Phi) is 2.41. The molecule has 0 radical (unpaired) electrons. The van der Waals surface area contributed by atoms with Crippen molar-refractivity contribution in [1.29, 1.82) is 0 Å². The van der Waals surface area contributed by atoms with E-state index in [0.29, 0.717) is 11.9 Å². The molecule has 2 aromatic heterocycles. The molecule has 2 heterocycles. The van der Waals surface area contributed by atoms with Crippen LogP contribution in [0.4, 0.5) is 5.82 Å². The molecule has 0 unspecified atom stereocenters. The minimum Gasteiger partial charge on any atom is -0.384 e. The van der Waals surface area contributed by atoms with Gasteiger partial charge in [0.15, 0.2) is 0 Å². The molecule has 0 atom stereocenters. The van der Waals surface area contributed by atoms with Crippen LogP contribution in [-0.4, -0.2) is 14.8 Å². The van der Waals surface area contributed by atoms with E-state index < -0.39 is 0 Å². The summed E-state index contributed by atoms with van der Waals surface area (Å²) < 4.78 is 1.93. The van der Waals surface area contributed by atoms with Crippen LogP contribution in [0.1, 0.15) is 19.9 Å². The zero-order chi connectivity index (χ0) is 10.8. The summed E-state index contributed by atoms with van der Waals surface area (Å²) >= 11 is 0.